The van der Waals surface area contributed by atoms with Crippen LogP contribution in [-0.2, 0) is 23.1 Å². The summed E-state index contributed by atoms with van der Waals surface area (Å²) in [4.78, 5) is 12.2. The lowest BCUT2D eigenvalue weighted by atomic mass is 10.1. The van der Waals surface area contributed by atoms with Gasteiger partial charge >= 0.3 is 0 Å². The van der Waals surface area contributed by atoms with E-state index in [1.807, 2.05) is 24.3 Å². The Labute approximate surface area is 141 Å². The number of rotatable bonds is 6. The molecule has 6 nitrogen and oxygen atoms in total. The zero-order valence-electron chi connectivity index (χ0n) is 13.9. The van der Waals surface area contributed by atoms with Gasteiger partial charge in [0.1, 0.15) is 5.69 Å². The van der Waals surface area contributed by atoms with Gasteiger partial charge in [0.2, 0.25) is 0 Å². The van der Waals surface area contributed by atoms with Crippen molar-refractivity contribution in [3.05, 3.63) is 47.8 Å². The van der Waals surface area contributed by atoms with Crippen molar-refractivity contribution in [2.75, 3.05) is 18.5 Å². The number of aryl methyl sites for hydroxylation is 1. The number of hydrogen-bond acceptors (Lipinski definition) is 4. The zero-order valence-corrected chi connectivity index (χ0v) is 13.9. The third kappa shape index (κ3) is 4.43. The van der Waals surface area contributed by atoms with Gasteiger partial charge in [0.15, 0.2) is 0 Å². The van der Waals surface area contributed by atoms with Crippen LogP contribution in [0.25, 0.3) is 0 Å². The monoisotopic (exact) mass is 329 g/mol. The molecule has 1 saturated heterocycles. The molecule has 2 heterocycles. The topological polar surface area (TPSA) is 65.4 Å². The highest BCUT2D eigenvalue weighted by molar-refractivity contribution is 6.03. The van der Waals surface area contributed by atoms with Crippen LogP contribution in [0.2, 0.25) is 0 Å². The van der Waals surface area contributed by atoms with Crippen molar-refractivity contribution in [1.82, 2.24) is 9.78 Å². The largest absolute Gasteiger partial charge is 0.376 e. The van der Waals surface area contributed by atoms with Crippen molar-refractivity contribution < 1.29 is 14.3 Å². The standard InChI is InChI=1S/C18H23N3O3/c1-21-17(8-9-19-21)18(22)20-15-6-4-5-14(11-15)12-23-13-16-7-2-3-10-24-16/h4-6,8-9,11,16H,2-3,7,10,12-13H2,1H3,(H,20,22)/t16-/m0/s1. The predicted molar refractivity (Wildman–Crippen MR) is 90.9 cm³/mol. The molecule has 0 saturated carbocycles. The van der Waals surface area contributed by atoms with E-state index in [2.05, 4.69) is 10.4 Å². The highest BCUT2D eigenvalue weighted by Gasteiger charge is 2.14. The third-order valence-electron chi connectivity index (χ3n) is 4.08. The fraction of sp³-hybridized carbons (Fsp3) is 0.444. The van der Waals surface area contributed by atoms with Gasteiger partial charge in [-0.2, -0.15) is 5.10 Å². The first-order chi connectivity index (χ1) is 11.7. The van der Waals surface area contributed by atoms with Gasteiger partial charge in [-0.25, -0.2) is 0 Å². The van der Waals surface area contributed by atoms with Crippen molar-refractivity contribution in [2.45, 2.75) is 32.0 Å². The second-order valence-corrected chi connectivity index (χ2v) is 6.00. The van der Waals surface area contributed by atoms with Crippen molar-refractivity contribution in [3.8, 4) is 0 Å². The first-order valence-electron chi connectivity index (χ1n) is 8.30. The highest BCUT2D eigenvalue weighted by atomic mass is 16.5. The Bertz CT molecular complexity index is 678. The van der Waals surface area contributed by atoms with Crippen LogP contribution in [0, 0.1) is 0 Å². The van der Waals surface area contributed by atoms with E-state index < -0.39 is 0 Å². The molecule has 24 heavy (non-hydrogen) atoms. The van der Waals surface area contributed by atoms with Crippen molar-refractivity contribution in [2.24, 2.45) is 7.05 Å². The molecular weight excluding hydrogens is 306 g/mol. The Kier molecular flexibility index (Phi) is 5.61. The summed E-state index contributed by atoms with van der Waals surface area (Å²) in [5.74, 6) is -0.177. The van der Waals surface area contributed by atoms with Gasteiger partial charge in [-0.3, -0.25) is 9.48 Å². The van der Waals surface area contributed by atoms with Crippen molar-refractivity contribution in [1.29, 1.82) is 0 Å². The van der Waals surface area contributed by atoms with Gasteiger partial charge in [0, 0.05) is 25.5 Å². The van der Waals surface area contributed by atoms with Crippen LogP contribution in [0.15, 0.2) is 36.5 Å². The molecule has 0 spiro atoms. The summed E-state index contributed by atoms with van der Waals surface area (Å²) in [6, 6.07) is 9.38. The summed E-state index contributed by atoms with van der Waals surface area (Å²) < 4.78 is 13.0. The smallest absolute Gasteiger partial charge is 0.273 e. The molecule has 0 bridgehead atoms. The van der Waals surface area contributed by atoms with Crippen LogP contribution in [0.3, 0.4) is 0 Å². The van der Waals surface area contributed by atoms with Crippen LogP contribution >= 0.6 is 0 Å². The maximum absolute atomic E-state index is 12.2. The number of hydrogen-bond donors (Lipinski definition) is 1. The Balaban J connectivity index is 1.52. The van der Waals surface area contributed by atoms with Gasteiger partial charge in [0.25, 0.3) is 5.91 Å². The molecule has 1 aromatic heterocycles. The molecule has 1 aliphatic rings. The molecule has 3 rings (SSSR count). The van der Waals surface area contributed by atoms with E-state index in [0.29, 0.717) is 18.9 Å². The maximum atomic E-state index is 12.2. The molecule has 128 valence electrons. The number of ether oxygens (including phenoxy) is 2. The summed E-state index contributed by atoms with van der Waals surface area (Å²) in [6.45, 7) is 1.96. The number of carbonyl (C=O) groups is 1. The summed E-state index contributed by atoms with van der Waals surface area (Å²) >= 11 is 0. The van der Waals surface area contributed by atoms with E-state index in [9.17, 15) is 4.79 Å². The van der Waals surface area contributed by atoms with Crippen molar-refractivity contribution >= 4 is 11.6 Å². The summed E-state index contributed by atoms with van der Waals surface area (Å²) in [7, 11) is 1.74. The van der Waals surface area contributed by atoms with E-state index in [1.165, 1.54) is 6.42 Å². The molecule has 1 amide bonds. The molecule has 2 aromatic rings. The molecule has 1 N–H and O–H groups in total. The molecule has 0 radical (unpaired) electrons. The Morgan fingerprint density at radius 2 is 2.33 bits per heavy atom. The summed E-state index contributed by atoms with van der Waals surface area (Å²) in [6.07, 6.45) is 5.25. The van der Waals surface area contributed by atoms with Gasteiger partial charge in [-0.15, -0.1) is 0 Å². The summed E-state index contributed by atoms with van der Waals surface area (Å²) in [5.41, 5.74) is 2.29. The second kappa shape index (κ2) is 8.08. The normalized spacial score (nSPS) is 17.6. The van der Waals surface area contributed by atoms with Gasteiger partial charge < -0.3 is 14.8 Å². The van der Waals surface area contributed by atoms with Gasteiger partial charge in [-0.1, -0.05) is 12.1 Å². The van der Waals surface area contributed by atoms with Gasteiger partial charge in [0.05, 0.1) is 19.3 Å². The maximum Gasteiger partial charge on any atom is 0.273 e. The lowest BCUT2D eigenvalue weighted by molar-refractivity contribution is -0.0447. The average molecular weight is 329 g/mol. The SMILES string of the molecule is Cn1nccc1C(=O)Nc1cccc(COC[C@@H]2CCCCO2)c1. The van der Waals surface area contributed by atoms with E-state index in [4.69, 9.17) is 9.47 Å². The highest BCUT2D eigenvalue weighted by Crippen LogP contribution is 2.16. The molecule has 6 heteroatoms. The number of amides is 1. The number of benzene rings is 1. The fourth-order valence-electron chi connectivity index (χ4n) is 2.78. The lowest BCUT2D eigenvalue weighted by Gasteiger charge is -2.22. The quantitative estimate of drug-likeness (QED) is 0.885. The minimum Gasteiger partial charge on any atom is -0.376 e. The van der Waals surface area contributed by atoms with Crippen LogP contribution < -0.4 is 5.32 Å². The van der Waals surface area contributed by atoms with Crippen LogP contribution in [0.5, 0.6) is 0 Å². The molecule has 0 aliphatic carbocycles. The first kappa shape index (κ1) is 16.7. The Morgan fingerprint density at radius 1 is 1.42 bits per heavy atom. The third-order valence-corrected chi connectivity index (χ3v) is 4.08. The molecule has 1 aromatic carbocycles. The predicted octanol–water partition coefficient (Wildman–Crippen LogP) is 2.76. The van der Waals surface area contributed by atoms with Crippen LogP contribution in [0.4, 0.5) is 5.69 Å². The van der Waals surface area contributed by atoms with E-state index >= 15 is 0 Å². The molecule has 0 unspecified atom stereocenters. The Morgan fingerprint density at radius 3 is 3.08 bits per heavy atom. The fourth-order valence-corrected chi connectivity index (χ4v) is 2.78. The van der Waals surface area contributed by atoms with Crippen LogP contribution in [-0.4, -0.2) is 35.0 Å². The van der Waals surface area contributed by atoms with Gasteiger partial charge in [-0.05, 0) is 43.0 Å². The van der Waals surface area contributed by atoms with E-state index in [-0.39, 0.29) is 12.0 Å². The number of aromatic nitrogens is 2. The number of nitrogens with one attached hydrogen (secondary N) is 1. The second-order valence-electron chi connectivity index (χ2n) is 6.00. The minimum atomic E-state index is -0.177. The number of anilines is 1. The minimum absolute atomic E-state index is 0.177. The zero-order chi connectivity index (χ0) is 16.8. The van der Waals surface area contributed by atoms with E-state index in [0.717, 1.165) is 30.7 Å². The summed E-state index contributed by atoms with van der Waals surface area (Å²) in [5, 5.41) is 6.89. The van der Waals surface area contributed by atoms with Crippen molar-refractivity contribution in [3.63, 3.8) is 0 Å². The van der Waals surface area contributed by atoms with E-state index in [1.54, 1.807) is 24.0 Å². The molecular formula is C18H23N3O3. The number of nitrogens with zero attached hydrogens (tertiary/aromatic N) is 2. The lowest BCUT2D eigenvalue weighted by Crippen LogP contribution is -2.24. The van der Waals surface area contributed by atoms with Crippen LogP contribution in [0.1, 0.15) is 35.3 Å². The molecule has 1 atom stereocenters. The molecule has 1 aliphatic heterocycles. The Hall–Kier alpha value is -2.18. The first-order valence-corrected chi connectivity index (χ1v) is 8.30. The number of carbonyl (C=O) groups excluding carboxylic acids is 1. The average Bonchev–Trinajstić information content (AvgIpc) is 3.02. The molecule has 1 fully saturated rings.